The molecule has 156 valence electrons. The van der Waals surface area contributed by atoms with Crippen LogP contribution in [0.1, 0.15) is 44.9 Å². The van der Waals surface area contributed by atoms with Gasteiger partial charge >= 0.3 is 0 Å². The zero-order valence-corrected chi connectivity index (χ0v) is 15.8. The van der Waals surface area contributed by atoms with E-state index in [4.69, 9.17) is 22.9 Å². The summed E-state index contributed by atoms with van der Waals surface area (Å²) in [6.07, 6.45) is 1.97. The van der Waals surface area contributed by atoms with Crippen molar-refractivity contribution in [3.05, 3.63) is 0 Å². The third kappa shape index (κ3) is 4.24. The lowest BCUT2D eigenvalue weighted by molar-refractivity contribution is -0.181. The number of nitrogens with two attached hydrogens (primary N) is 4. The Bertz CT molecular complexity index is 683. The van der Waals surface area contributed by atoms with Crippen LogP contribution in [0.5, 0.6) is 0 Å². The second kappa shape index (κ2) is 8.55. The molecular formula is C17H28N6O5. The van der Waals surface area contributed by atoms with Gasteiger partial charge in [-0.1, -0.05) is 0 Å². The van der Waals surface area contributed by atoms with Gasteiger partial charge in [-0.3, -0.25) is 24.0 Å². The number of nitrogens with zero attached hydrogens (tertiary/aromatic N) is 2. The van der Waals surface area contributed by atoms with E-state index in [1.54, 1.807) is 0 Å². The van der Waals surface area contributed by atoms with E-state index in [-0.39, 0.29) is 38.1 Å². The number of carbonyl (C=O) groups excluding carboxylic acids is 5. The Hall–Kier alpha value is -2.69. The first kappa shape index (κ1) is 21.6. The molecule has 11 nitrogen and oxygen atoms in total. The van der Waals surface area contributed by atoms with Gasteiger partial charge in [-0.2, -0.15) is 0 Å². The minimum Gasteiger partial charge on any atom is -0.370 e. The molecule has 0 aliphatic carbocycles. The number of carbonyl (C=O) groups is 5. The number of β-lactam (4-membered cyclic amide) rings is 1. The quantitative estimate of drug-likeness (QED) is 0.306. The van der Waals surface area contributed by atoms with Crippen molar-refractivity contribution in [1.29, 1.82) is 0 Å². The van der Waals surface area contributed by atoms with Crippen LogP contribution >= 0.6 is 0 Å². The number of likely N-dealkylation sites (tertiary alicyclic amines) is 2. The van der Waals surface area contributed by atoms with Gasteiger partial charge in [0.2, 0.25) is 23.6 Å². The molecule has 2 aliphatic rings. The summed E-state index contributed by atoms with van der Waals surface area (Å²) < 4.78 is 0. The molecule has 2 fully saturated rings. The number of primary amides is 3. The minimum atomic E-state index is -1.06. The van der Waals surface area contributed by atoms with Gasteiger partial charge in [-0.25, -0.2) is 0 Å². The van der Waals surface area contributed by atoms with Crippen molar-refractivity contribution in [2.75, 3.05) is 13.1 Å². The molecule has 0 saturated carbocycles. The second-order valence-corrected chi connectivity index (χ2v) is 7.45. The predicted octanol–water partition coefficient (Wildman–Crippen LogP) is -2.71. The lowest BCUT2D eigenvalue weighted by Gasteiger charge is -2.58. The fourth-order valence-corrected chi connectivity index (χ4v) is 3.95. The van der Waals surface area contributed by atoms with E-state index in [2.05, 4.69) is 0 Å². The average molecular weight is 396 g/mol. The normalized spacial score (nSPS) is 23.8. The highest BCUT2D eigenvalue weighted by molar-refractivity contribution is 6.00. The largest absolute Gasteiger partial charge is 0.370 e. The highest BCUT2D eigenvalue weighted by Crippen LogP contribution is 2.40. The van der Waals surface area contributed by atoms with E-state index in [1.165, 1.54) is 9.80 Å². The van der Waals surface area contributed by atoms with Gasteiger partial charge in [-0.05, 0) is 32.1 Å². The first-order chi connectivity index (χ1) is 13.1. The van der Waals surface area contributed by atoms with Gasteiger partial charge < -0.3 is 32.7 Å². The van der Waals surface area contributed by atoms with Crippen LogP contribution in [0.15, 0.2) is 0 Å². The first-order valence-corrected chi connectivity index (χ1v) is 9.34. The molecule has 2 saturated heterocycles. The van der Waals surface area contributed by atoms with Crippen LogP contribution in [0.4, 0.5) is 0 Å². The molecule has 8 N–H and O–H groups in total. The second-order valence-electron chi connectivity index (χ2n) is 7.45. The Morgan fingerprint density at radius 3 is 2.14 bits per heavy atom. The average Bonchev–Trinajstić information content (AvgIpc) is 2.64. The molecule has 2 heterocycles. The molecule has 2 aliphatic heterocycles. The fraction of sp³-hybridized carbons (Fsp3) is 0.706. The molecule has 0 aromatic heterocycles. The van der Waals surface area contributed by atoms with Gasteiger partial charge in [0, 0.05) is 19.4 Å². The van der Waals surface area contributed by atoms with E-state index >= 15 is 0 Å². The number of rotatable bonds is 9. The highest BCUT2D eigenvalue weighted by atomic mass is 16.2. The van der Waals surface area contributed by atoms with Crippen molar-refractivity contribution in [2.45, 2.75) is 62.6 Å². The Morgan fingerprint density at radius 2 is 1.61 bits per heavy atom. The molecule has 5 amide bonds. The minimum absolute atomic E-state index is 0.0231. The predicted molar refractivity (Wildman–Crippen MR) is 97.8 cm³/mol. The van der Waals surface area contributed by atoms with E-state index in [0.29, 0.717) is 13.0 Å². The summed E-state index contributed by atoms with van der Waals surface area (Å²) >= 11 is 0. The van der Waals surface area contributed by atoms with Crippen LogP contribution in [0.25, 0.3) is 0 Å². The number of amides is 5. The molecule has 28 heavy (non-hydrogen) atoms. The molecule has 2 rings (SSSR count). The van der Waals surface area contributed by atoms with Gasteiger partial charge in [0.05, 0.1) is 12.6 Å². The summed E-state index contributed by atoms with van der Waals surface area (Å²) in [6.45, 7) is 0.512. The van der Waals surface area contributed by atoms with E-state index in [0.717, 1.165) is 12.8 Å². The zero-order chi connectivity index (χ0) is 21.1. The number of hydrogen-bond acceptors (Lipinski definition) is 6. The molecule has 0 aromatic rings. The topological polar surface area (TPSA) is 196 Å². The third-order valence-electron chi connectivity index (χ3n) is 5.48. The zero-order valence-electron chi connectivity index (χ0n) is 15.8. The molecule has 1 spiro atoms. The lowest BCUT2D eigenvalue weighted by Crippen LogP contribution is -2.79. The molecule has 3 atom stereocenters. The van der Waals surface area contributed by atoms with Crippen molar-refractivity contribution in [1.82, 2.24) is 9.80 Å². The van der Waals surface area contributed by atoms with Crippen LogP contribution in [0.3, 0.4) is 0 Å². The van der Waals surface area contributed by atoms with Crippen molar-refractivity contribution < 1.29 is 24.0 Å². The number of piperidine rings is 1. The smallest absolute Gasteiger partial charge is 0.251 e. The standard InChI is InChI=1S/C17H28N6O5/c18-10(3-5-12(19)24)15(27)23-8-2-1-7-17(23)9-22(16(17)28)11(14(21)26)4-6-13(20)25/h10-11H,1-9,18H2,(H2,19,24)(H2,20,25)(H2,21,26)/t10-,11?,17?/m0/s1. The van der Waals surface area contributed by atoms with E-state index < -0.39 is 41.3 Å². The highest BCUT2D eigenvalue weighted by Gasteiger charge is 2.60. The van der Waals surface area contributed by atoms with E-state index in [9.17, 15) is 24.0 Å². The summed E-state index contributed by atoms with van der Waals surface area (Å²) in [4.78, 5) is 62.3. The van der Waals surface area contributed by atoms with Crippen LogP contribution in [0.2, 0.25) is 0 Å². The van der Waals surface area contributed by atoms with Crippen LogP contribution < -0.4 is 22.9 Å². The van der Waals surface area contributed by atoms with Crippen molar-refractivity contribution >= 4 is 29.5 Å². The van der Waals surface area contributed by atoms with Crippen molar-refractivity contribution in [3.8, 4) is 0 Å². The summed E-state index contributed by atoms with van der Waals surface area (Å²) in [5.74, 6) is -2.67. The summed E-state index contributed by atoms with van der Waals surface area (Å²) in [7, 11) is 0. The summed E-state index contributed by atoms with van der Waals surface area (Å²) in [5, 5.41) is 0. The Morgan fingerprint density at radius 1 is 1.00 bits per heavy atom. The lowest BCUT2D eigenvalue weighted by atomic mass is 9.77. The molecule has 0 bridgehead atoms. The monoisotopic (exact) mass is 396 g/mol. The Labute approximate surface area is 162 Å². The Balaban J connectivity index is 2.13. The van der Waals surface area contributed by atoms with Gasteiger partial charge in [0.25, 0.3) is 5.91 Å². The Kier molecular flexibility index (Phi) is 6.60. The molecule has 0 aromatic carbocycles. The maximum atomic E-state index is 13.0. The van der Waals surface area contributed by atoms with Crippen molar-refractivity contribution in [2.24, 2.45) is 22.9 Å². The maximum absolute atomic E-state index is 13.0. The fourth-order valence-electron chi connectivity index (χ4n) is 3.95. The SMILES string of the molecule is NC(=O)CCC(C(N)=O)N1CC2(CCCCN2C(=O)[C@@H](N)CCC(N)=O)C1=O. The van der Waals surface area contributed by atoms with Gasteiger partial charge in [0.15, 0.2) is 0 Å². The summed E-state index contributed by atoms with van der Waals surface area (Å²) in [6, 6.07) is -1.89. The summed E-state index contributed by atoms with van der Waals surface area (Å²) in [5.41, 5.74) is 20.5. The maximum Gasteiger partial charge on any atom is 0.251 e. The van der Waals surface area contributed by atoms with Gasteiger partial charge in [-0.15, -0.1) is 0 Å². The van der Waals surface area contributed by atoms with Crippen LogP contribution in [-0.4, -0.2) is 70.0 Å². The third-order valence-corrected chi connectivity index (χ3v) is 5.48. The van der Waals surface area contributed by atoms with Crippen molar-refractivity contribution in [3.63, 3.8) is 0 Å². The van der Waals surface area contributed by atoms with Gasteiger partial charge in [0.1, 0.15) is 11.6 Å². The van der Waals surface area contributed by atoms with E-state index in [1.807, 2.05) is 0 Å². The van der Waals surface area contributed by atoms with Crippen LogP contribution in [-0.2, 0) is 24.0 Å². The van der Waals surface area contributed by atoms with Crippen LogP contribution in [0, 0.1) is 0 Å². The number of hydrogen-bond donors (Lipinski definition) is 4. The molecular weight excluding hydrogens is 368 g/mol. The first-order valence-electron chi connectivity index (χ1n) is 9.34. The molecule has 11 heteroatoms. The molecule has 2 unspecified atom stereocenters. The molecule has 0 radical (unpaired) electrons.